The number of phenols is 2. The molecule has 2 aromatic rings. The monoisotopic (exact) mass is 400 g/mol. The van der Waals surface area contributed by atoms with Crippen LogP contribution in [0.15, 0.2) is 36.4 Å². The third kappa shape index (κ3) is 1.63. The zero-order valence-corrected chi connectivity index (χ0v) is 15.7. The molecule has 2 N–H and O–H groups in total. The van der Waals surface area contributed by atoms with Crippen LogP contribution >= 0.6 is 0 Å². The van der Waals surface area contributed by atoms with Crippen LogP contribution in [0.5, 0.6) is 11.5 Å². The Balaban J connectivity index is 1.51. The van der Waals surface area contributed by atoms with Crippen LogP contribution in [0.2, 0.25) is 0 Å². The Morgan fingerprint density at radius 2 is 1.67 bits per heavy atom. The van der Waals surface area contributed by atoms with Crippen LogP contribution in [-0.2, 0) is 9.53 Å². The minimum Gasteiger partial charge on any atom is -0.507 e. The van der Waals surface area contributed by atoms with Gasteiger partial charge in [-0.2, -0.15) is 0 Å². The molecule has 30 heavy (non-hydrogen) atoms. The van der Waals surface area contributed by atoms with E-state index in [1.807, 2.05) is 0 Å². The third-order valence-electron chi connectivity index (χ3n) is 7.79. The van der Waals surface area contributed by atoms with Crippen LogP contribution in [0.25, 0.3) is 0 Å². The fraction of sp³-hybridized carbons (Fsp3) is 0.292. The Morgan fingerprint density at radius 1 is 0.900 bits per heavy atom. The summed E-state index contributed by atoms with van der Waals surface area (Å²) in [7, 11) is 0. The summed E-state index contributed by atoms with van der Waals surface area (Å²) in [6, 6.07) is 5.96. The number of carbonyl (C=O) groups excluding carboxylic acids is 3. The predicted octanol–water partition coefficient (Wildman–Crippen LogP) is 3.01. The van der Waals surface area contributed by atoms with Crippen molar-refractivity contribution >= 4 is 17.5 Å². The third-order valence-corrected chi connectivity index (χ3v) is 7.79. The summed E-state index contributed by atoms with van der Waals surface area (Å²) < 4.78 is 5.73. The fourth-order valence-corrected chi connectivity index (χ4v) is 6.72. The Hall–Kier alpha value is -3.41. The van der Waals surface area contributed by atoms with Crippen LogP contribution in [0.1, 0.15) is 61.4 Å². The summed E-state index contributed by atoms with van der Waals surface area (Å²) in [4.78, 5) is 39.2. The van der Waals surface area contributed by atoms with Gasteiger partial charge in [0, 0.05) is 22.6 Å². The first kappa shape index (κ1) is 16.4. The molecule has 2 fully saturated rings. The summed E-state index contributed by atoms with van der Waals surface area (Å²) in [6.07, 6.45) is 4.68. The average Bonchev–Trinajstić information content (AvgIpc) is 3.34. The lowest BCUT2D eigenvalue weighted by Gasteiger charge is -2.49. The van der Waals surface area contributed by atoms with Gasteiger partial charge in [-0.25, -0.2) is 0 Å². The van der Waals surface area contributed by atoms with Crippen molar-refractivity contribution in [2.45, 2.75) is 18.4 Å². The molecule has 0 aromatic heterocycles. The number of esters is 1. The Morgan fingerprint density at radius 3 is 2.47 bits per heavy atom. The minimum absolute atomic E-state index is 0.0780. The molecule has 0 amide bonds. The highest BCUT2D eigenvalue weighted by Gasteiger charge is 2.62. The van der Waals surface area contributed by atoms with Crippen LogP contribution < -0.4 is 0 Å². The van der Waals surface area contributed by atoms with Crippen molar-refractivity contribution in [3.8, 4) is 11.5 Å². The largest absolute Gasteiger partial charge is 0.507 e. The molecule has 6 atom stereocenters. The maximum atomic E-state index is 13.2. The lowest BCUT2D eigenvalue weighted by molar-refractivity contribution is -0.172. The smallest absolute Gasteiger partial charge is 0.314 e. The van der Waals surface area contributed by atoms with E-state index in [1.54, 1.807) is 6.07 Å². The van der Waals surface area contributed by atoms with E-state index in [-0.39, 0.29) is 57.5 Å². The van der Waals surface area contributed by atoms with Crippen molar-refractivity contribution in [2.75, 3.05) is 0 Å². The van der Waals surface area contributed by atoms with E-state index >= 15 is 0 Å². The van der Waals surface area contributed by atoms with Gasteiger partial charge in [-0.1, -0.05) is 24.3 Å². The second-order valence-electron chi connectivity index (χ2n) is 8.95. The van der Waals surface area contributed by atoms with Crippen molar-refractivity contribution in [3.05, 3.63) is 69.8 Å². The number of ether oxygens (including phenoxy) is 1. The van der Waals surface area contributed by atoms with E-state index in [9.17, 15) is 24.6 Å². The molecule has 6 heteroatoms. The number of benzene rings is 2. The van der Waals surface area contributed by atoms with Gasteiger partial charge in [0.15, 0.2) is 5.78 Å². The van der Waals surface area contributed by atoms with Crippen molar-refractivity contribution in [1.29, 1.82) is 0 Å². The number of phenolic OH excluding ortho intramolecular Hbond substituents is 2. The normalized spacial score (nSPS) is 33.8. The lowest BCUT2D eigenvalue weighted by Crippen LogP contribution is -2.47. The molecule has 2 aromatic carbocycles. The number of hydrogen-bond donors (Lipinski definition) is 2. The predicted molar refractivity (Wildman–Crippen MR) is 102 cm³/mol. The number of ketones is 2. The van der Waals surface area contributed by atoms with Gasteiger partial charge in [0.05, 0.1) is 17.0 Å². The van der Waals surface area contributed by atoms with Crippen molar-refractivity contribution in [1.82, 2.24) is 0 Å². The van der Waals surface area contributed by atoms with Gasteiger partial charge in [0.1, 0.15) is 17.6 Å². The molecule has 1 saturated carbocycles. The molecule has 2 heterocycles. The second-order valence-corrected chi connectivity index (χ2v) is 8.95. The molecule has 6 aliphatic rings. The SMILES string of the molecule is O=C1c2cccc(O)c2C(=O)c2c1cc1c(c2O)[C@@H]2OC(=O)[C@H]1[C@H]1[C@@H]2[C@@H]2C=C[C@H]1C2. The van der Waals surface area contributed by atoms with E-state index in [4.69, 9.17) is 4.74 Å². The first-order valence-electron chi connectivity index (χ1n) is 10.2. The number of aromatic hydroxyl groups is 2. The van der Waals surface area contributed by atoms with Crippen LogP contribution in [-0.4, -0.2) is 27.7 Å². The first-order chi connectivity index (χ1) is 14.5. The highest BCUT2D eigenvalue weighted by Crippen LogP contribution is 2.66. The maximum absolute atomic E-state index is 13.2. The summed E-state index contributed by atoms with van der Waals surface area (Å²) in [5.41, 5.74) is 1.07. The van der Waals surface area contributed by atoms with Gasteiger partial charge in [-0.3, -0.25) is 14.4 Å². The molecule has 8 rings (SSSR count). The zero-order chi connectivity index (χ0) is 20.5. The van der Waals surface area contributed by atoms with Gasteiger partial charge >= 0.3 is 5.97 Å². The molecule has 0 spiro atoms. The molecule has 1 saturated heterocycles. The van der Waals surface area contributed by atoms with E-state index < -0.39 is 23.6 Å². The van der Waals surface area contributed by atoms with Gasteiger partial charge in [0.2, 0.25) is 5.78 Å². The standard InChI is InChI=1S/C24H16O6/c25-13-3-1-2-10-16(13)21(27)18-12(20(10)26)7-11-17-14-8-4-5-9(6-8)15(14)23(30-24(17)29)19(11)22(18)28/h1-5,7-9,14-15,17,23,25,28H,6H2/t8-,9+,14+,15-,17+,23+/m0/s1. The number of rotatable bonds is 0. The van der Waals surface area contributed by atoms with Crippen LogP contribution in [0.3, 0.4) is 0 Å². The lowest BCUT2D eigenvalue weighted by atomic mass is 9.60. The van der Waals surface area contributed by atoms with Crippen LogP contribution in [0.4, 0.5) is 0 Å². The van der Waals surface area contributed by atoms with Gasteiger partial charge in [-0.05, 0) is 41.9 Å². The molecule has 0 unspecified atom stereocenters. The van der Waals surface area contributed by atoms with E-state index in [0.29, 0.717) is 17.0 Å². The van der Waals surface area contributed by atoms with E-state index in [1.165, 1.54) is 18.2 Å². The second kappa shape index (κ2) is 5.01. The minimum atomic E-state index is -0.624. The molecule has 148 valence electrons. The quantitative estimate of drug-likeness (QED) is 0.444. The zero-order valence-electron chi connectivity index (χ0n) is 15.7. The van der Waals surface area contributed by atoms with E-state index in [2.05, 4.69) is 12.2 Å². The Kier molecular flexibility index (Phi) is 2.74. The van der Waals surface area contributed by atoms with Crippen LogP contribution in [0, 0.1) is 23.7 Å². The molecular formula is C24H16O6. The molecule has 2 aliphatic heterocycles. The van der Waals surface area contributed by atoms with Crippen molar-refractivity contribution < 1.29 is 29.3 Å². The molecule has 6 nitrogen and oxygen atoms in total. The van der Waals surface area contributed by atoms with Gasteiger partial charge in [0.25, 0.3) is 0 Å². The van der Waals surface area contributed by atoms with Gasteiger partial charge < -0.3 is 14.9 Å². The molecule has 4 aliphatic carbocycles. The summed E-state index contributed by atoms with van der Waals surface area (Å²) in [6.45, 7) is 0. The topological polar surface area (TPSA) is 101 Å². The number of hydrogen-bond acceptors (Lipinski definition) is 6. The first-order valence-corrected chi connectivity index (χ1v) is 10.2. The summed E-state index contributed by atoms with van der Waals surface area (Å²) in [5.74, 6) is -1.71. The summed E-state index contributed by atoms with van der Waals surface area (Å²) in [5, 5.41) is 21.4. The maximum Gasteiger partial charge on any atom is 0.314 e. The number of fused-ring (bicyclic) bond motifs is 5. The average molecular weight is 400 g/mol. The molecule has 4 bridgehead atoms. The number of carbonyl (C=O) groups is 3. The number of allylic oxidation sites excluding steroid dienone is 2. The highest BCUT2D eigenvalue weighted by atomic mass is 16.5. The molecule has 0 radical (unpaired) electrons. The fourth-order valence-electron chi connectivity index (χ4n) is 6.72. The summed E-state index contributed by atoms with van der Waals surface area (Å²) >= 11 is 0. The Bertz CT molecular complexity index is 1270. The Labute approximate surface area is 170 Å². The van der Waals surface area contributed by atoms with E-state index in [0.717, 1.165) is 6.42 Å². The van der Waals surface area contributed by atoms with Crippen molar-refractivity contribution in [2.24, 2.45) is 23.7 Å². The van der Waals surface area contributed by atoms with Gasteiger partial charge in [-0.15, -0.1) is 0 Å². The van der Waals surface area contributed by atoms with Crippen molar-refractivity contribution in [3.63, 3.8) is 0 Å². The highest BCUT2D eigenvalue weighted by molar-refractivity contribution is 6.30. The molecular weight excluding hydrogens is 384 g/mol.